The minimum Gasteiger partial charge on any atom is -0.496 e. The lowest BCUT2D eigenvalue weighted by molar-refractivity contribution is -0.140. The summed E-state index contributed by atoms with van der Waals surface area (Å²) in [5.74, 6) is 1.15. The molecule has 0 unspecified atom stereocenters. The number of carbonyl (C=O) groups is 1. The number of aliphatic hydroxyl groups is 1. The van der Waals surface area contributed by atoms with Crippen molar-refractivity contribution < 1.29 is 14.6 Å². The third-order valence-electron chi connectivity index (χ3n) is 5.70. The smallest absolute Gasteiger partial charge is 0.222 e. The Morgan fingerprint density at radius 3 is 2.88 bits per heavy atom. The highest BCUT2D eigenvalue weighted by atomic mass is 16.5. The first-order valence-electron chi connectivity index (χ1n) is 9.30. The number of benzene rings is 1. The predicted molar refractivity (Wildman–Crippen MR) is 97.6 cm³/mol. The Balaban J connectivity index is 1.70. The fraction of sp³-hybridized carbons (Fsp3) is 0.650. The number of nitrogens with zero attached hydrogens (tertiary/aromatic N) is 2. The van der Waals surface area contributed by atoms with E-state index in [0.717, 1.165) is 44.8 Å². The van der Waals surface area contributed by atoms with E-state index in [1.807, 2.05) is 4.90 Å². The molecule has 1 spiro atoms. The summed E-state index contributed by atoms with van der Waals surface area (Å²) in [5, 5.41) is 9.23. The van der Waals surface area contributed by atoms with E-state index in [9.17, 15) is 9.90 Å². The first-order valence-corrected chi connectivity index (χ1v) is 9.30. The lowest BCUT2D eigenvalue weighted by Crippen LogP contribution is -2.54. The summed E-state index contributed by atoms with van der Waals surface area (Å²) in [7, 11) is 1.73. The Hall–Kier alpha value is -1.59. The van der Waals surface area contributed by atoms with Crippen LogP contribution in [0.25, 0.3) is 0 Å². The third kappa shape index (κ3) is 4.15. The second-order valence-electron chi connectivity index (χ2n) is 7.67. The zero-order valence-corrected chi connectivity index (χ0v) is 15.5. The van der Waals surface area contributed by atoms with Crippen molar-refractivity contribution in [1.82, 2.24) is 9.80 Å². The van der Waals surface area contributed by atoms with E-state index < -0.39 is 0 Å². The SMILES string of the molecule is COc1cc(C)ccc1CN1CCC[C@]2(CCC(=O)N(CCO)C2)C1. The number of hydrogen-bond acceptors (Lipinski definition) is 4. The van der Waals surface area contributed by atoms with Crippen LogP contribution in [-0.2, 0) is 11.3 Å². The van der Waals surface area contributed by atoms with Gasteiger partial charge in [0.2, 0.25) is 5.91 Å². The van der Waals surface area contributed by atoms with Crippen molar-refractivity contribution >= 4 is 5.91 Å². The number of methoxy groups -OCH3 is 1. The first-order chi connectivity index (χ1) is 12.0. The summed E-state index contributed by atoms with van der Waals surface area (Å²) in [6.07, 6.45) is 3.91. The van der Waals surface area contributed by atoms with Gasteiger partial charge in [-0.2, -0.15) is 0 Å². The predicted octanol–water partition coefficient (Wildman–Crippen LogP) is 2.20. The number of β-amino-alcohol motifs (C(OH)–C–C–N with tert-alkyl or cyclic N) is 1. The summed E-state index contributed by atoms with van der Waals surface area (Å²) in [5.41, 5.74) is 2.62. The maximum absolute atomic E-state index is 12.1. The van der Waals surface area contributed by atoms with Crippen molar-refractivity contribution in [3.63, 3.8) is 0 Å². The van der Waals surface area contributed by atoms with E-state index in [4.69, 9.17) is 4.74 Å². The summed E-state index contributed by atoms with van der Waals surface area (Å²) in [6.45, 7) is 6.37. The Morgan fingerprint density at radius 2 is 2.12 bits per heavy atom. The van der Waals surface area contributed by atoms with E-state index in [-0.39, 0.29) is 17.9 Å². The molecule has 5 heteroatoms. The van der Waals surface area contributed by atoms with E-state index in [1.165, 1.54) is 17.5 Å². The number of carbonyl (C=O) groups excluding carboxylic acids is 1. The topological polar surface area (TPSA) is 53.0 Å². The molecule has 2 fully saturated rings. The highest BCUT2D eigenvalue weighted by molar-refractivity contribution is 5.77. The van der Waals surface area contributed by atoms with Gasteiger partial charge >= 0.3 is 0 Å². The quantitative estimate of drug-likeness (QED) is 0.888. The molecule has 1 aromatic rings. The summed E-state index contributed by atoms with van der Waals surface area (Å²) < 4.78 is 5.56. The summed E-state index contributed by atoms with van der Waals surface area (Å²) in [4.78, 5) is 16.4. The van der Waals surface area contributed by atoms with Crippen molar-refractivity contribution in [2.45, 2.75) is 39.2 Å². The molecule has 0 radical (unpaired) electrons. The molecule has 3 rings (SSSR count). The normalized spacial score (nSPS) is 24.8. The minimum atomic E-state index is 0.0477. The molecule has 1 aromatic carbocycles. The molecule has 1 N–H and O–H groups in total. The number of aryl methyl sites for hydroxylation is 1. The highest BCUT2D eigenvalue weighted by Gasteiger charge is 2.41. The van der Waals surface area contributed by atoms with Gasteiger partial charge < -0.3 is 14.7 Å². The molecule has 0 bridgehead atoms. The number of rotatable bonds is 5. The highest BCUT2D eigenvalue weighted by Crippen LogP contribution is 2.39. The van der Waals surface area contributed by atoms with Gasteiger partial charge in [-0.1, -0.05) is 12.1 Å². The van der Waals surface area contributed by atoms with Gasteiger partial charge in [-0.25, -0.2) is 0 Å². The maximum Gasteiger partial charge on any atom is 0.222 e. The van der Waals surface area contributed by atoms with Crippen LogP contribution in [0.2, 0.25) is 0 Å². The largest absolute Gasteiger partial charge is 0.496 e. The number of ether oxygens (including phenoxy) is 1. The van der Waals surface area contributed by atoms with Crippen LogP contribution in [0.5, 0.6) is 5.75 Å². The number of likely N-dealkylation sites (tertiary alicyclic amines) is 2. The first kappa shape index (κ1) is 18.2. The van der Waals surface area contributed by atoms with Crippen LogP contribution in [0, 0.1) is 12.3 Å². The van der Waals surface area contributed by atoms with Gasteiger partial charge in [0.15, 0.2) is 0 Å². The van der Waals surface area contributed by atoms with Gasteiger partial charge in [0.25, 0.3) is 0 Å². The Kier molecular flexibility index (Phi) is 5.64. The fourth-order valence-electron chi connectivity index (χ4n) is 4.43. The zero-order chi connectivity index (χ0) is 17.9. The second kappa shape index (κ2) is 7.75. The third-order valence-corrected chi connectivity index (χ3v) is 5.70. The van der Waals surface area contributed by atoms with Crippen molar-refractivity contribution in [1.29, 1.82) is 0 Å². The average Bonchev–Trinajstić information content (AvgIpc) is 2.60. The molecule has 2 saturated heterocycles. The van der Waals surface area contributed by atoms with Crippen LogP contribution in [0.4, 0.5) is 0 Å². The van der Waals surface area contributed by atoms with Gasteiger partial charge in [0.1, 0.15) is 5.75 Å². The Bertz CT molecular complexity index is 619. The number of amides is 1. The number of aliphatic hydroxyl groups excluding tert-OH is 1. The summed E-state index contributed by atoms with van der Waals surface area (Å²) >= 11 is 0. The molecule has 138 valence electrons. The van der Waals surface area contributed by atoms with E-state index in [1.54, 1.807) is 7.11 Å². The molecule has 0 saturated carbocycles. The number of hydrogen-bond donors (Lipinski definition) is 1. The zero-order valence-electron chi connectivity index (χ0n) is 15.5. The monoisotopic (exact) mass is 346 g/mol. The van der Waals surface area contributed by atoms with Gasteiger partial charge in [0, 0.05) is 43.6 Å². The van der Waals surface area contributed by atoms with Crippen LogP contribution >= 0.6 is 0 Å². The van der Waals surface area contributed by atoms with Gasteiger partial charge in [-0.3, -0.25) is 9.69 Å². The Morgan fingerprint density at radius 1 is 1.28 bits per heavy atom. The molecular formula is C20H30N2O3. The molecule has 0 aromatic heterocycles. The average molecular weight is 346 g/mol. The van der Waals surface area contributed by atoms with Crippen LogP contribution in [-0.4, -0.2) is 60.7 Å². The van der Waals surface area contributed by atoms with E-state index in [0.29, 0.717) is 13.0 Å². The van der Waals surface area contributed by atoms with Crippen molar-refractivity contribution in [2.24, 2.45) is 5.41 Å². The molecule has 2 aliphatic heterocycles. The molecule has 2 aliphatic rings. The second-order valence-corrected chi connectivity index (χ2v) is 7.67. The van der Waals surface area contributed by atoms with Crippen LogP contribution < -0.4 is 4.74 Å². The lowest BCUT2D eigenvalue weighted by Gasteiger charge is -2.48. The van der Waals surface area contributed by atoms with Crippen molar-refractivity contribution in [3.8, 4) is 5.75 Å². The number of piperidine rings is 2. The molecule has 0 aliphatic carbocycles. The van der Waals surface area contributed by atoms with Crippen LogP contribution in [0.3, 0.4) is 0 Å². The van der Waals surface area contributed by atoms with Gasteiger partial charge in [-0.05, 0) is 44.4 Å². The molecule has 1 atom stereocenters. The Labute approximate surface area is 150 Å². The standard InChI is InChI=1S/C20H30N2O3/c1-16-4-5-17(18(12-16)25-2)13-21-9-3-7-20(14-21)8-6-19(24)22(15-20)10-11-23/h4-5,12,23H,3,6-11,13-15H2,1-2H3/t20-/m0/s1. The fourth-order valence-corrected chi connectivity index (χ4v) is 4.43. The minimum absolute atomic E-state index is 0.0477. The molecule has 5 nitrogen and oxygen atoms in total. The molecule has 1 amide bonds. The summed E-state index contributed by atoms with van der Waals surface area (Å²) in [6, 6.07) is 6.40. The molecule has 2 heterocycles. The molecular weight excluding hydrogens is 316 g/mol. The van der Waals surface area contributed by atoms with Gasteiger partial charge in [0.05, 0.1) is 13.7 Å². The van der Waals surface area contributed by atoms with Crippen molar-refractivity contribution in [3.05, 3.63) is 29.3 Å². The van der Waals surface area contributed by atoms with Crippen molar-refractivity contribution in [2.75, 3.05) is 39.9 Å². The van der Waals surface area contributed by atoms with Crippen LogP contribution in [0.1, 0.15) is 36.8 Å². The van der Waals surface area contributed by atoms with E-state index >= 15 is 0 Å². The lowest BCUT2D eigenvalue weighted by atomic mass is 9.73. The van der Waals surface area contributed by atoms with E-state index in [2.05, 4.69) is 30.0 Å². The van der Waals surface area contributed by atoms with Gasteiger partial charge in [-0.15, -0.1) is 0 Å². The van der Waals surface area contributed by atoms with Crippen LogP contribution in [0.15, 0.2) is 18.2 Å². The maximum atomic E-state index is 12.1. The molecule has 25 heavy (non-hydrogen) atoms.